The molecule has 0 spiro atoms. The molecule has 2 N–H and O–H groups in total. The average molecular weight is 142 g/mol. The van der Waals surface area contributed by atoms with Crippen LogP contribution in [-0.4, -0.2) is 29.9 Å². The number of carbonyl (C=O) groups excluding carboxylic acids is 1. The van der Waals surface area contributed by atoms with Crippen molar-refractivity contribution in [2.75, 3.05) is 13.1 Å². The second kappa shape index (κ2) is 3.01. The minimum Gasteiger partial charge on any atom is -0.339 e. The molecule has 0 radical (unpaired) electrons. The maximum absolute atomic E-state index is 11.0. The molecular weight excluding hydrogens is 128 g/mol. The maximum atomic E-state index is 11.0. The summed E-state index contributed by atoms with van der Waals surface area (Å²) < 4.78 is 0. The third kappa shape index (κ3) is 1.29. The van der Waals surface area contributed by atoms with Crippen molar-refractivity contribution in [2.45, 2.75) is 25.8 Å². The molecule has 1 aliphatic rings. The predicted molar refractivity (Wildman–Crippen MR) is 39.5 cm³/mol. The lowest BCUT2D eigenvalue weighted by Gasteiger charge is -2.19. The summed E-state index contributed by atoms with van der Waals surface area (Å²) >= 11 is 0. The first-order valence-electron chi connectivity index (χ1n) is 3.75. The van der Waals surface area contributed by atoms with Gasteiger partial charge in [0.15, 0.2) is 0 Å². The van der Waals surface area contributed by atoms with E-state index < -0.39 is 0 Å². The number of carbonyl (C=O) groups is 1. The van der Waals surface area contributed by atoms with Crippen molar-refractivity contribution in [3.8, 4) is 0 Å². The second-order valence-electron chi connectivity index (χ2n) is 2.78. The normalized spacial score (nSPS) is 25.4. The Morgan fingerprint density at radius 2 is 2.50 bits per heavy atom. The fourth-order valence-electron chi connectivity index (χ4n) is 1.42. The van der Waals surface area contributed by atoms with Crippen molar-refractivity contribution in [3.05, 3.63) is 0 Å². The summed E-state index contributed by atoms with van der Waals surface area (Å²) in [5.74, 6) is 0.0880. The molecule has 3 heteroatoms. The van der Waals surface area contributed by atoms with Crippen LogP contribution in [0.3, 0.4) is 0 Å². The highest BCUT2D eigenvalue weighted by Gasteiger charge is 2.23. The first kappa shape index (κ1) is 7.54. The molecule has 10 heavy (non-hydrogen) atoms. The lowest BCUT2D eigenvalue weighted by atomic mass is 10.2. The molecule has 0 unspecified atom stereocenters. The van der Waals surface area contributed by atoms with Gasteiger partial charge >= 0.3 is 0 Å². The van der Waals surface area contributed by atoms with Gasteiger partial charge in [0.25, 0.3) is 0 Å². The molecular formula is C7H14N2O. The van der Waals surface area contributed by atoms with Crippen LogP contribution in [0.25, 0.3) is 0 Å². The third-order valence-corrected chi connectivity index (χ3v) is 2.05. The molecule has 1 heterocycles. The van der Waals surface area contributed by atoms with Crippen LogP contribution >= 0.6 is 0 Å². The van der Waals surface area contributed by atoms with Crippen LogP contribution in [0.1, 0.15) is 19.8 Å². The summed E-state index contributed by atoms with van der Waals surface area (Å²) in [7, 11) is 0. The number of likely N-dealkylation sites (tertiary alicyclic amines) is 1. The minimum absolute atomic E-state index is 0.0880. The van der Waals surface area contributed by atoms with E-state index in [4.69, 9.17) is 5.73 Å². The van der Waals surface area contributed by atoms with Gasteiger partial charge in [-0.15, -0.1) is 0 Å². The molecule has 0 aliphatic carbocycles. The number of nitrogens with zero attached hydrogens (tertiary/aromatic N) is 1. The summed E-state index contributed by atoms with van der Waals surface area (Å²) in [6, 6.07) is 0.413. The maximum Gasteiger partial charge on any atom is 0.236 e. The molecule has 1 saturated heterocycles. The van der Waals surface area contributed by atoms with Gasteiger partial charge in [0, 0.05) is 12.6 Å². The van der Waals surface area contributed by atoms with Crippen LogP contribution in [0.2, 0.25) is 0 Å². The van der Waals surface area contributed by atoms with Gasteiger partial charge in [-0.2, -0.15) is 0 Å². The number of hydrogen-bond acceptors (Lipinski definition) is 2. The molecule has 1 fully saturated rings. The van der Waals surface area contributed by atoms with E-state index in [2.05, 4.69) is 6.92 Å². The Morgan fingerprint density at radius 3 is 2.90 bits per heavy atom. The van der Waals surface area contributed by atoms with E-state index in [1.165, 1.54) is 0 Å². The van der Waals surface area contributed by atoms with Gasteiger partial charge in [0.05, 0.1) is 6.54 Å². The molecule has 0 aromatic heterocycles. The Bertz CT molecular complexity index is 136. The van der Waals surface area contributed by atoms with Gasteiger partial charge in [0.1, 0.15) is 0 Å². The van der Waals surface area contributed by atoms with Gasteiger partial charge in [-0.05, 0) is 19.8 Å². The Balaban J connectivity index is 2.46. The summed E-state index contributed by atoms with van der Waals surface area (Å²) in [6.45, 7) is 3.13. The molecule has 0 aromatic carbocycles. The monoisotopic (exact) mass is 142 g/mol. The van der Waals surface area contributed by atoms with Crippen LogP contribution in [0.5, 0.6) is 0 Å². The van der Waals surface area contributed by atoms with Crippen LogP contribution in [0, 0.1) is 0 Å². The Morgan fingerprint density at radius 1 is 1.80 bits per heavy atom. The van der Waals surface area contributed by atoms with E-state index in [-0.39, 0.29) is 12.5 Å². The zero-order valence-electron chi connectivity index (χ0n) is 6.34. The summed E-state index contributed by atoms with van der Waals surface area (Å²) in [5.41, 5.74) is 5.22. The molecule has 1 amide bonds. The number of hydrogen-bond donors (Lipinski definition) is 1. The van der Waals surface area contributed by atoms with Crippen molar-refractivity contribution in [2.24, 2.45) is 5.73 Å². The number of rotatable bonds is 1. The minimum atomic E-state index is 0.0880. The van der Waals surface area contributed by atoms with E-state index in [1.807, 2.05) is 4.90 Å². The lowest BCUT2D eigenvalue weighted by Crippen LogP contribution is -2.37. The van der Waals surface area contributed by atoms with E-state index in [0.717, 1.165) is 19.4 Å². The third-order valence-electron chi connectivity index (χ3n) is 2.05. The molecule has 0 saturated carbocycles. The van der Waals surface area contributed by atoms with E-state index >= 15 is 0 Å². The summed E-state index contributed by atoms with van der Waals surface area (Å²) in [4.78, 5) is 12.9. The average Bonchev–Trinajstić information content (AvgIpc) is 2.34. The molecule has 58 valence electrons. The molecule has 0 bridgehead atoms. The van der Waals surface area contributed by atoms with Crippen molar-refractivity contribution in [3.63, 3.8) is 0 Å². The number of amides is 1. The molecule has 0 aromatic rings. The van der Waals surface area contributed by atoms with E-state index in [1.54, 1.807) is 0 Å². The molecule has 3 nitrogen and oxygen atoms in total. The second-order valence-corrected chi connectivity index (χ2v) is 2.78. The van der Waals surface area contributed by atoms with Crippen molar-refractivity contribution < 1.29 is 4.79 Å². The summed E-state index contributed by atoms with van der Waals surface area (Å²) in [5, 5.41) is 0. The first-order chi connectivity index (χ1) is 4.75. The van der Waals surface area contributed by atoms with Crippen molar-refractivity contribution in [1.82, 2.24) is 4.90 Å². The van der Waals surface area contributed by atoms with Gasteiger partial charge in [-0.3, -0.25) is 4.79 Å². The first-order valence-corrected chi connectivity index (χ1v) is 3.75. The quantitative estimate of drug-likeness (QED) is 0.558. The summed E-state index contributed by atoms with van der Waals surface area (Å²) in [6.07, 6.45) is 2.26. The smallest absolute Gasteiger partial charge is 0.236 e. The van der Waals surface area contributed by atoms with Gasteiger partial charge in [-0.25, -0.2) is 0 Å². The Kier molecular flexibility index (Phi) is 2.27. The van der Waals surface area contributed by atoms with Crippen molar-refractivity contribution >= 4 is 5.91 Å². The topological polar surface area (TPSA) is 46.3 Å². The Hall–Kier alpha value is -0.570. The highest BCUT2D eigenvalue weighted by atomic mass is 16.2. The van der Waals surface area contributed by atoms with E-state index in [9.17, 15) is 4.79 Å². The molecule has 1 rings (SSSR count). The zero-order valence-corrected chi connectivity index (χ0v) is 6.34. The van der Waals surface area contributed by atoms with Crippen LogP contribution in [0.15, 0.2) is 0 Å². The highest BCUT2D eigenvalue weighted by molar-refractivity contribution is 5.78. The van der Waals surface area contributed by atoms with Gasteiger partial charge < -0.3 is 10.6 Å². The fourth-order valence-corrected chi connectivity index (χ4v) is 1.42. The largest absolute Gasteiger partial charge is 0.339 e. The van der Waals surface area contributed by atoms with Gasteiger partial charge in [0.2, 0.25) is 5.91 Å². The highest BCUT2D eigenvalue weighted by Crippen LogP contribution is 2.15. The standard InChI is InChI=1S/C7H14N2O/c1-6-3-2-4-9(6)7(10)5-8/h6H,2-5,8H2,1H3/t6-/m1/s1. The molecule has 1 aliphatic heterocycles. The molecule has 1 atom stereocenters. The Labute approximate surface area is 61.2 Å². The predicted octanol–water partition coefficient (Wildman–Crippen LogP) is -0.0440. The van der Waals surface area contributed by atoms with E-state index in [0.29, 0.717) is 6.04 Å². The SMILES string of the molecule is C[C@@H]1CCCN1C(=O)CN. The van der Waals surface area contributed by atoms with Crippen LogP contribution in [0.4, 0.5) is 0 Å². The van der Waals surface area contributed by atoms with Crippen molar-refractivity contribution in [1.29, 1.82) is 0 Å². The van der Waals surface area contributed by atoms with Gasteiger partial charge in [-0.1, -0.05) is 0 Å². The zero-order chi connectivity index (χ0) is 7.56. The van der Waals surface area contributed by atoms with Crippen LogP contribution < -0.4 is 5.73 Å². The van der Waals surface area contributed by atoms with Crippen LogP contribution in [-0.2, 0) is 4.79 Å². The fraction of sp³-hybridized carbons (Fsp3) is 0.857. The lowest BCUT2D eigenvalue weighted by molar-refractivity contribution is -0.130. The number of nitrogens with two attached hydrogens (primary N) is 1.